The van der Waals surface area contributed by atoms with Gasteiger partial charge in [0.25, 0.3) is 0 Å². The van der Waals surface area contributed by atoms with Crippen molar-refractivity contribution < 1.29 is 13.9 Å². The van der Waals surface area contributed by atoms with Crippen molar-refractivity contribution in [3.8, 4) is 0 Å². The maximum absolute atomic E-state index is 13.3. The van der Waals surface area contributed by atoms with Gasteiger partial charge < -0.3 is 10.1 Å². The van der Waals surface area contributed by atoms with Crippen LogP contribution in [0.2, 0.25) is 5.02 Å². The number of amides is 1. The van der Waals surface area contributed by atoms with E-state index in [9.17, 15) is 14.0 Å². The number of carbonyl (C=O) groups is 1. The number of halogens is 2. The van der Waals surface area contributed by atoms with Gasteiger partial charge in [-0.15, -0.1) is 0 Å². The highest BCUT2D eigenvalue weighted by molar-refractivity contribution is 6.31. The molecule has 1 saturated heterocycles. The SMILES string of the molecule is O=C(NCCC1CCOCC1)C1CCCn2c1nn(Cc1ccc(F)cc1Cl)c2=O. The molecular weight excluding hydrogens is 411 g/mol. The number of hydrogen-bond acceptors (Lipinski definition) is 4. The molecule has 162 valence electrons. The van der Waals surface area contributed by atoms with Crippen molar-refractivity contribution in [1.82, 2.24) is 19.7 Å². The third kappa shape index (κ3) is 4.59. The van der Waals surface area contributed by atoms with Crippen LogP contribution < -0.4 is 11.0 Å². The fourth-order valence-corrected chi connectivity index (χ4v) is 4.46. The van der Waals surface area contributed by atoms with Crippen LogP contribution in [0.5, 0.6) is 0 Å². The van der Waals surface area contributed by atoms with E-state index in [1.54, 1.807) is 10.6 Å². The summed E-state index contributed by atoms with van der Waals surface area (Å²) in [5.74, 6) is 0.125. The lowest BCUT2D eigenvalue weighted by atomic mass is 9.95. The van der Waals surface area contributed by atoms with Crippen LogP contribution in [0.25, 0.3) is 0 Å². The van der Waals surface area contributed by atoms with Gasteiger partial charge in [0.1, 0.15) is 11.6 Å². The maximum Gasteiger partial charge on any atom is 0.346 e. The first-order valence-electron chi connectivity index (χ1n) is 10.5. The van der Waals surface area contributed by atoms with Crippen molar-refractivity contribution in [3.63, 3.8) is 0 Å². The predicted octanol–water partition coefficient (Wildman–Crippen LogP) is 2.70. The highest BCUT2D eigenvalue weighted by Gasteiger charge is 2.31. The highest BCUT2D eigenvalue weighted by atomic mass is 35.5. The standard InChI is InChI=1S/C21H26ClFN4O3/c22-18-12-16(23)4-3-15(18)13-27-21(29)26-9-1-2-17(19(26)25-27)20(28)24-8-5-14-6-10-30-11-7-14/h3-4,12,14,17H,1-2,5-11,13H2,(H,24,28). The number of ether oxygens (including phenoxy) is 1. The van der Waals surface area contributed by atoms with E-state index in [4.69, 9.17) is 16.3 Å². The number of hydrogen-bond donors (Lipinski definition) is 1. The quantitative estimate of drug-likeness (QED) is 0.755. The summed E-state index contributed by atoms with van der Waals surface area (Å²) in [7, 11) is 0. The van der Waals surface area contributed by atoms with Crippen LogP contribution in [0, 0.1) is 11.7 Å². The van der Waals surface area contributed by atoms with Crippen molar-refractivity contribution in [2.75, 3.05) is 19.8 Å². The van der Waals surface area contributed by atoms with Gasteiger partial charge in [-0.25, -0.2) is 13.9 Å². The summed E-state index contributed by atoms with van der Waals surface area (Å²) in [5, 5.41) is 7.72. The van der Waals surface area contributed by atoms with Gasteiger partial charge in [-0.05, 0) is 55.7 Å². The Balaban J connectivity index is 1.44. The topological polar surface area (TPSA) is 78.2 Å². The lowest BCUT2D eigenvalue weighted by Crippen LogP contribution is -2.36. The zero-order chi connectivity index (χ0) is 21.1. The first-order chi connectivity index (χ1) is 14.5. The number of carbonyl (C=O) groups excluding carboxylic acids is 1. The zero-order valence-electron chi connectivity index (χ0n) is 16.8. The lowest BCUT2D eigenvalue weighted by molar-refractivity contribution is -0.123. The molecule has 4 rings (SSSR count). The number of nitrogens with one attached hydrogen (secondary N) is 1. The van der Waals surface area contributed by atoms with Gasteiger partial charge in [0.05, 0.1) is 12.5 Å². The third-order valence-corrected chi connectivity index (χ3v) is 6.33. The molecule has 1 aromatic heterocycles. The second-order valence-corrected chi connectivity index (χ2v) is 8.42. The number of rotatable bonds is 6. The Morgan fingerprint density at radius 1 is 1.30 bits per heavy atom. The minimum atomic E-state index is -0.439. The summed E-state index contributed by atoms with van der Waals surface area (Å²) in [6, 6.07) is 4.06. The summed E-state index contributed by atoms with van der Waals surface area (Å²) >= 11 is 6.10. The number of aromatic nitrogens is 3. The molecule has 1 amide bonds. The largest absolute Gasteiger partial charge is 0.381 e. The minimum Gasteiger partial charge on any atom is -0.381 e. The molecule has 3 heterocycles. The van der Waals surface area contributed by atoms with Crippen molar-refractivity contribution in [2.24, 2.45) is 5.92 Å². The Hall–Kier alpha value is -2.19. The first-order valence-corrected chi connectivity index (χ1v) is 10.9. The zero-order valence-corrected chi connectivity index (χ0v) is 17.5. The molecule has 1 unspecified atom stereocenters. The van der Waals surface area contributed by atoms with Crippen LogP contribution in [0.15, 0.2) is 23.0 Å². The molecule has 0 spiro atoms. The third-order valence-electron chi connectivity index (χ3n) is 5.98. The number of fused-ring (bicyclic) bond motifs is 1. The van der Waals surface area contributed by atoms with Gasteiger partial charge in [0, 0.05) is 31.3 Å². The van der Waals surface area contributed by atoms with Gasteiger partial charge in [0.15, 0.2) is 0 Å². The average Bonchev–Trinajstić information content (AvgIpc) is 3.06. The molecule has 7 nitrogen and oxygen atoms in total. The molecule has 2 aromatic rings. The minimum absolute atomic E-state index is 0.0834. The van der Waals surface area contributed by atoms with Gasteiger partial charge in [-0.2, -0.15) is 5.10 Å². The second-order valence-electron chi connectivity index (χ2n) is 8.02. The molecule has 0 saturated carbocycles. The average molecular weight is 437 g/mol. The normalized spacial score (nSPS) is 19.5. The van der Waals surface area contributed by atoms with Crippen LogP contribution >= 0.6 is 11.6 Å². The van der Waals surface area contributed by atoms with Crippen molar-refractivity contribution in [1.29, 1.82) is 0 Å². The highest BCUT2D eigenvalue weighted by Crippen LogP contribution is 2.25. The Labute approximate surface area is 179 Å². The van der Waals surface area contributed by atoms with Crippen molar-refractivity contribution >= 4 is 17.5 Å². The fourth-order valence-electron chi connectivity index (χ4n) is 4.23. The molecule has 30 heavy (non-hydrogen) atoms. The molecular formula is C21H26ClFN4O3. The molecule has 1 atom stereocenters. The molecule has 1 fully saturated rings. The van der Waals surface area contributed by atoms with Crippen molar-refractivity contribution in [2.45, 2.75) is 51.1 Å². The van der Waals surface area contributed by atoms with Crippen LogP contribution in [0.4, 0.5) is 4.39 Å². The predicted molar refractivity (Wildman–Crippen MR) is 110 cm³/mol. The Morgan fingerprint density at radius 2 is 2.10 bits per heavy atom. The van der Waals surface area contributed by atoms with Gasteiger partial charge >= 0.3 is 5.69 Å². The monoisotopic (exact) mass is 436 g/mol. The molecule has 0 bridgehead atoms. The Kier molecular flexibility index (Phi) is 6.53. The summed E-state index contributed by atoms with van der Waals surface area (Å²) in [6.45, 7) is 2.88. The van der Waals surface area contributed by atoms with E-state index in [0.29, 0.717) is 36.8 Å². The van der Waals surface area contributed by atoms with Crippen LogP contribution in [0.3, 0.4) is 0 Å². The van der Waals surface area contributed by atoms with E-state index < -0.39 is 11.7 Å². The maximum atomic E-state index is 13.3. The first kappa shape index (κ1) is 21.1. The van der Waals surface area contributed by atoms with Crippen molar-refractivity contribution in [3.05, 3.63) is 50.9 Å². The molecule has 9 heteroatoms. The van der Waals surface area contributed by atoms with Crippen LogP contribution in [-0.4, -0.2) is 40.0 Å². The van der Waals surface area contributed by atoms with Gasteiger partial charge in [-0.3, -0.25) is 9.36 Å². The molecule has 0 radical (unpaired) electrons. The van der Waals surface area contributed by atoms with E-state index >= 15 is 0 Å². The van der Waals surface area contributed by atoms with Gasteiger partial charge in [0.2, 0.25) is 5.91 Å². The van der Waals surface area contributed by atoms with Crippen LogP contribution in [0.1, 0.15) is 49.4 Å². The molecule has 2 aliphatic heterocycles. The number of nitrogens with zero attached hydrogens (tertiary/aromatic N) is 3. The summed E-state index contributed by atoms with van der Waals surface area (Å²) in [5.41, 5.74) is 0.332. The summed E-state index contributed by atoms with van der Waals surface area (Å²) in [4.78, 5) is 25.6. The van der Waals surface area contributed by atoms with E-state index in [1.165, 1.54) is 16.8 Å². The lowest BCUT2D eigenvalue weighted by Gasteiger charge is -2.24. The van der Waals surface area contributed by atoms with E-state index in [-0.39, 0.29) is 23.2 Å². The fraction of sp³-hybridized carbons (Fsp3) is 0.571. The molecule has 2 aliphatic rings. The van der Waals surface area contributed by atoms with E-state index in [1.807, 2.05) is 0 Å². The Morgan fingerprint density at radius 3 is 2.87 bits per heavy atom. The second kappa shape index (κ2) is 9.31. The molecule has 0 aliphatic carbocycles. The van der Waals surface area contributed by atoms with E-state index in [2.05, 4.69) is 10.4 Å². The smallest absolute Gasteiger partial charge is 0.346 e. The van der Waals surface area contributed by atoms with Crippen LogP contribution in [-0.2, 0) is 22.6 Å². The summed E-state index contributed by atoms with van der Waals surface area (Å²) < 4.78 is 21.5. The van der Waals surface area contributed by atoms with E-state index in [0.717, 1.165) is 38.9 Å². The summed E-state index contributed by atoms with van der Waals surface area (Å²) in [6.07, 6.45) is 4.42. The molecule has 1 aromatic carbocycles. The molecule has 1 N–H and O–H groups in total. The number of benzene rings is 1. The Bertz CT molecular complexity index is 968. The van der Waals surface area contributed by atoms with Gasteiger partial charge in [-0.1, -0.05) is 17.7 Å².